The van der Waals surface area contributed by atoms with Crippen LogP contribution in [0.15, 0.2) is 42.5 Å². The van der Waals surface area contributed by atoms with Crippen molar-refractivity contribution in [3.05, 3.63) is 76.9 Å². The van der Waals surface area contributed by atoms with Crippen LogP contribution in [0.2, 0.25) is 0 Å². The summed E-state index contributed by atoms with van der Waals surface area (Å²) in [5, 5.41) is 0. The van der Waals surface area contributed by atoms with Crippen LogP contribution in [0.5, 0.6) is 5.75 Å². The second kappa shape index (κ2) is 7.63. The van der Waals surface area contributed by atoms with E-state index in [0.717, 1.165) is 12.1 Å². The van der Waals surface area contributed by atoms with E-state index < -0.39 is 40.7 Å². The van der Waals surface area contributed by atoms with Crippen molar-refractivity contribution in [1.82, 2.24) is 0 Å². The monoisotopic (exact) mass is 360 g/mol. The van der Waals surface area contributed by atoms with E-state index in [1.165, 1.54) is 6.07 Å². The van der Waals surface area contributed by atoms with Crippen LogP contribution in [0.25, 0.3) is 0 Å². The van der Waals surface area contributed by atoms with Gasteiger partial charge in [0.25, 0.3) is 0 Å². The van der Waals surface area contributed by atoms with Gasteiger partial charge in [-0.2, -0.15) is 8.78 Å². The Hall–Kier alpha value is -2.44. The predicted octanol–water partition coefficient (Wildman–Crippen LogP) is 5.88. The SMILES string of the molecule is CC=CCCc1ccc(C(F)(F)Oc2cc(F)c(F)c(F)c2)c(F)c1. The van der Waals surface area contributed by atoms with Crippen molar-refractivity contribution < 1.29 is 31.1 Å². The van der Waals surface area contributed by atoms with Gasteiger partial charge in [-0.05, 0) is 37.5 Å². The number of allylic oxidation sites excluding steroid dienone is 2. The molecule has 0 aliphatic heterocycles. The molecule has 0 aliphatic carbocycles. The lowest BCUT2D eigenvalue weighted by Gasteiger charge is -2.19. The zero-order chi connectivity index (χ0) is 18.6. The second-order valence-corrected chi connectivity index (χ2v) is 5.24. The Morgan fingerprint density at radius 2 is 1.60 bits per heavy atom. The van der Waals surface area contributed by atoms with Crippen LogP contribution in [0.4, 0.5) is 26.3 Å². The molecule has 0 radical (unpaired) electrons. The molecule has 0 saturated carbocycles. The van der Waals surface area contributed by atoms with E-state index >= 15 is 0 Å². The molecule has 2 rings (SSSR count). The molecule has 0 atom stereocenters. The highest BCUT2D eigenvalue weighted by atomic mass is 19.3. The summed E-state index contributed by atoms with van der Waals surface area (Å²) in [7, 11) is 0. The van der Waals surface area contributed by atoms with Crippen LogP contribution in [-0.2, 0) is 12.5 Å². The van der Waals surface area contributed by atoms with E-state index in [1.807, 2.05) is 19.1 Å². The van der Waals surface area contributed by atoms with Gasteiger partial charge in [0, 0.05) is 12.1 Å². The average Bonchev–Trinajstić information content (AvgIpc) is 2.52. The van der Waals surface area contributed by atoms with Gasteiger partial charge in [0.2, 0.25) is 0 Å². The minimum absolute atomic E-state index is 0.260. The van der Waals surface area contributed by atoms with E-state index in [0.29, 0.717) is 18.4 Å². The molecule has 0 amide bonds. The van der Waals surface area contributed by atoms with Gasteiger partial charge >= 0.3 is 6.11 Å². The van der Waals surface area contributed by atoms with Gasteiger partial charge in [0.15, 0.2) is 17.5 Å². The van der Waals surface area contributed by atoms with E-state index in [4.69, 9.17) is 0 Å². The first-order valence-electron chi connectivity index (χ1n) is 7.36. The zero-order valence-corrected chi connectivity index (χ0v) is 13.1. The van der Waals surface area contributed by atoms with Crippen LogP contribution in [-0.4, -0.2) is 0 Å². The molecule has 0 fully saturated rings. The first kappa shape index (κ1) is 18.9. The molecule has 2 aromatic rings. The Morgan fingerprint density at radius 3 is 2.16 bits per heavy atom. The summed E-state index contributed by atoms with van der Waals surface area (Å²) in [6.07, 6.45) is 0.552. The summed E-state index contributed by atoms with van der Waals surface area (Å²) in [5.41, 5.74) is -0.582. The molecule has 0 aliphatic rings. The number of rotatable bonds is 6. The molecular weight excluding hydrogens is 346 g/mol. The van der Waals surface area contributed by atoms with E-state index in [1.54, 1.807) is 0 Å². The largest absolute Gasteiger partial charge is 0.429 e. The quantitative estimate of drug-likeness (QED) is 0.355. The second-order valence-electron chi connectivity index (χ2n) is 5.24. The minimum atomic E-state index is -4.19. The fourth-order valence-corrected chi connectivity index (χ4v) is 2.16. The first-order valence-corrected chi connectivity index (χ1v) is 7.36. The molecule has 25 heavy (non-hydrogen) atoms. The molecule has 0 unspecified atom stereocenters. The third-order valence-electron chi connectivity index (χ3n) is 3.39. The Morgan fingerprint density at radius 1 is 0.960 bits per heavy atom. The summed E-state index contributed by atoms with van der Waals surface area (Å²) in [6, 6.07) is 3.62. The zero-order valence-electron chi connectivity index (χ0n) is 13.1. The van der Waals surface area contributed by atoms with Gasteiger partial charge in [0.1, 0.15) is 11.6 Å². The maximum absolute atomic E-state index is 14.1. The predicted molar refractivity (Wildman–Crippen MR) is 80.4 cm³/mol. The number of alkyl halides is 2. The van der Waals surface area contributed by atoms with Crippen molar-refractivity contribution in [1.29, 1.82) is 0 Å². The molecule has 2 aromatic carbocycles. The fourth-order valence-electron chi connectivity index (χ4n) is 2.16. The van der Waals surface area contributed by atoms with Gasteiger partial charge in [-0.15, -0.1) is 0 Å². The van der Waals surface area contributed by atoms with Gasteiger partial charge in [-0.25, -0.2) is 17.6 Å². The minimum Gasteiger partial charge on any atom is -0.429 e. The lowest BCUT2D eigenvalue weighted by Crippen LogP contribution is -2.23. The van der Waals surface area contributed by atoms with Crippen molar-refractivity contribution in [3.8, 4) is 5.75 Å². The summed E-state index contributed by atoms with van der Waals surface area (Å²) >= 11 is 0. The standard InChI is InChI=1S/C18H14F6O/c1-2-3-4-5-11-6-7-13(14(19)8-11)18(23,24)25-12-9-15(20)17(22)16(21)10-12/h2-3,6-10H,4-5H2,1H3. The molecule has 0 N–H and O–H groups in total. The summed E-state index contributed by atoms with van der Waals surface area (Å²) in [6.45, 7) is 1.82. The Bertz CT molecular complexity index is 762. The summed E-state index contributed by atoms with van der Waals surface area (Å²) in [4.78, 5) is 0. The lowest BCUT2D eigenvalue weighted by molar-refractivity contribution is -0.187. The van der Waals surface area contributed by atoms with Crippen LogP contribution in [0.3, 0.4) is 0 Å². The van der Waals surface area contributed by atoms with Gasteiger partial charge in [-0.1, -0.05) is 18.2 Å². The van der Waals surface area contributed by atoms with Crippen molar-refractivity contribution in [2.75, 3.05) is 0 Å². The molecule has 0 saturated heterocycles. The van der Waals surface area contributed by atoms with Crippen LogP contribution in [0.1, 0.15) is 24.5 Å². The van der Waals surface area contributed by atoms with Crippen molar-refractivity contribution in [2.45, 2.75) is 25.9 Å². The third kappa shape index (κ3) is 4.55. The molecule has 7 heteroatoms. The van der Waals surface area contributed by atoms with E-state index in [-0.39, 0.29) is 12.1 Å². The molecular formula is C18H14F6O. The highest BCUT2D eigenvalue weighted by Gasteiger charge is 2.38. The third-order valence-corrected chi connectivity index (χ3v) is 3.39. The number of hydrogen-bond donors (Lipinski definition) is 0. The van der Waals surface area contributed by atoms with Crippen molar-refractivity contribution in [2.24, 2.45) is 0 Å². The normalized spacial score (nSPS) is 12.0. The van der Waals surface area contributed by atoms with Gasteiger partial charge in [0.05, 0.1) is 5.56 Å². The van der Waals surface area contributed by atoms with Crippen molar-refractivity contribution >= 4 is 0 Å². The Kier molecular flexibility index (Phi) is 5.77. The van der Waals surface area contributed by atoms with E-state index in [9.17, 15) is 26.3 Å². The highest BCUT2D eigenvalue weighted by molar-refractivity contribution is 5.30. The molecule has 0 heterocycles. The summed E-state index contributed by atoms with van der Waals surface area (Å²) < 4.78 is 85.4. The number of halogens is 6. The van der Waals surface area contributed by atoms with Crippen LogP contribution in [0, 0.1) is 23.3 Å². The number of hydrogen-bond acceptors (Lipinski definition) is 1. The van der Waals surface area contributed by atoms with Crippen LogP contribution >= 0.6 is 0 Å². The first-order chi connectivity index (χ1) is 11.7. The lowest BCUT2D eigenvalue weighted by atomic mass is 10.1. The van der Waals surface area contributed by atoms with Gasteiger partial charge < -0.3 is 4.74 Å². The molecule has 134 valence electrons. The molecule has 0 spiro atoms. The average molecular weight is 360 g/mol. The number of ether oxygens (including phenoxy) is 1. The highest BCUT2D eigenvalue weighted by Crippen LogP contribution is 2.34. The summed E-state index contributed by atoms with van der Waals surface area (Å²) in [5.74, 6) is -7.37. The maximum Gasteiger partial charge on any atom is 0.429 e. The topological polar surface area (TPSA) is 9.23 Å². The van der Waals surface area contributed by atoms with Gasteiger partial charge in [-0.3, -0.25) is 0 Å². The Labute approximate surface area is 140 Å². The maximum atomic E-state index is 14.1. The Balaban J connectivity index is 2.24. The molecule has 0 aromatic heterocycles. The van der Waals surface area contributed by atoms with Crippen molar-refractivity contribution in [3.63, 3.8) is 0 Å². The molecule has 1 nitrogen and oxygen atoms in total. The smallest absolute Gasteiger partial charge is 0.429 e. The van der Waals surface area contributed by atoms with Crippen LogP contribution < -0.4 is 4.74 Å². The molecule has 0 bridgehead atoms. The fraction of sp³-hybridized carbons (Fsp3) is 0.222. The number of aryl methyl sites for hydroxylation is 1. The van der Waals surface area contributed by atoms with E-state index in [2.05, 4.69) is 4.74 Å². The number of benzene rings is 2.